The SMILES string of the molecule is CNC(=O)c1ccc(NC2CCCCC2C(=O)O)nn1. The maximum absolute atomic E-state index is 11.3. The first-order valence-corrected chi connectivity index (χ1v) is 6.67. The Balaban J connectivity index is 2.05. The van der Waals surface area contributed by atoms with Gasteiger partial charge >= 0.3 is 5.97 Å². The lowest BCUT2D eigenvalue weighted by atomic mass is 9.84. The second-order valence-electron chi connectivity index (χ2n) is 4.86. The Bertz CT molecular complexity index is 489. The number of carbonyl (C=O) groups is 2. The van der Waals surface area contributed by atoms with Gasteiger partial charge in [0, 0.05) is 13.1 Å². The lowest BCUT2D eigenvalue weighted by Crippen LogP contribution is -2.37. The molecule has 0 aromatic carbocycles. The number of carboxylic acids is 1. The quantitative estimate of drug-likeness (QED) is 0.755. The molecule has 0 radical (unpaired) electrons. The fourth-order valence-corrected chi connectivity index (χ4v) is 2.45. The molecule has 1 aromatic heterocycles. The first-order chi connectivity index (χ1) is 9.61. The third kappa shape index (κ3) is 3.23. The molecule has 108 valence electrons. The van der Waals surface area contributed by atoms with Gasteiger partial charge in [-0.05, 0) is 25.0 Å². The minimum absolute atomic E-state index is 0.138. The number of rotatable bonds is 4. The van der Waals surface area contributed by atoms with E-state index in [-0.39, 0.29) is 17.6 Å². The molecule has 1 heterocycles. The summed E-state index contributed by atoms with van der Waals surface area (Å²) in [7, 11) is 1.52. The molecule has 0 bridgehead atoms. The highest BCUT2D eigenvalue weighted by Gasteiger charge is 2.30. The van der Waals surface area contributed by atoms with E-state index in [1.807, 2.05) is 0 Å². The number of aliphatic carboxylic acids is 1. The number of nitrogens with zero attached hydrogens (tertiary/aromatic N) is 2. The van der Waals surface area contributed by atoms with Crippen LogP contribution in [0.5, 0.6) is 0 Å². The standard InChI is InChI=1S/C13H18N4O3/c1-14-12(18)10-6-7-11(17-16-10)15-9-5-3-2-4-8(9)13(19)20/h6-9H,2-5H2,1H3,(H,14,18)(H,15,17)(H,19,20). The summed E-state index contributed by atoms with van der Waals surface area (Å²) in [5, 5.41) is 22.5. The molecule has 2 atom stereocenters. The number of hydrogen-bond acceptors (Lipinski definition) is 5. The third-order valence-corrected chi connectivity index (χ3v) is 3.54. The van der Waals surface area contributed by atoms with Gasteiger partial charge in [0.1, 0.15) is 5.82 Å². The molecule has 7 nitrogen and oxygen atoms in total. The van der Waals surface area contributed by atoms with Crippen molar-refractivity contribution in [1.29, 1.82) is 0 Å². The summed E-state index contributed by atoms with van der Waals surface area (Å²) in [4.78, 5) is 22.6. The van der Waals surface area contributed by atoms with Crippen LogP contribution in [-0.2, 0) is 4.79 Å². The third-order valence-electron chi connectivity index (χ3n) is 3.54. The van der Waals surface area contributed by atoms with Gasteiger partial charge in [0.05, 0.1) is 5.92 Å². The van der Waals surface area contributed by atoms with E-state index in [4.69, 9.17) is 0 Å². The van der Waals surface area contributed by atoms with E-state index >= 15 is 0 Å². The predicted molar refractivity (Wildman–Crippen MR) is 72.4 cm³/mol. The number of carboxylic acid groups (broad SMARTS) is 1. The highest BCUT2D eigenvalue weighted by molar-refractivity contribution is 5.91. The first-order valence-electron chi connectivity index (χ1n) is 6.67. The molecule has 3 N–H and O–H groups in total. The van der Waals surface area contributed by atoms with E-state index < -0.39 is 11.9 Å². The van der Waals surface area contributed by atoms with Crippen LogP contribution in [0.25, 0.3) is 0 Å². The Morgan fingerprint density at radius 2 is 2.00 bits per heavy atom. The molecular formula is C13H18N4O3. The van der Waals surface area contributed by atoms with Gasteiger partial charge in [-0.2, -0.15) is 0 Å². The summed E-state index contributed by atoms with van der Waals surface area (Å²) in [5.41, 5.74) is 0.233. The highest BCUT2D eigenvalue weighted by atomic mass is 16.4. The number of carbonyl (C=O) groups excluding carboxylic acids is 1. The largest absolute Gasteiger partial charge is 0.481 e. The van der Waals surface area contributed by atoms with Gasteiger partial charge < -0.3 is 15.7 Å². The van der Waals surface area contributed by atoms with Gasteiger partial charge in [0.15, 0.2) is 5.69 Å². The van der Waals surface area contributed by atoms with Crippen LogP contribution < -0.4 is 10.6 Å². The van der Waals surface area contributed by atoms with Crippen LogP contribution in [0.1, 0.15) is 36.2 Å². The smallest absolute Gasteiger partial charge is 0.308 e. The van der Waals surface area contributed by atoms with Crippen LogP contribution in [0.3, 0.4) is 0 Å². The van der Waals surface area contributed by atoms with Crippen LogP contribution in [0, 0.1) is 5.92 Å². The zero-order valence-electron chi connectivity index (χ0n) is 11.3. The highest BCUT2D eigenvalue weighted by Crippen LogP contribution is 2.26. The van der Waals surface area contributed by atoms with E-state index in [1.54, 1.807) is 12.1 Å². The Hall–Kier alpha value is -2.18. The zero-order valence-corrected chi connectivity index (χ0v) is 11.3. The van der Waals surface area contributed by atoms with E-state index in [1.165, 1.54) is 7.05 Å². The van der Waals surface area contributed by atoms with E-state index in [2.05, 4.69) is 20.8 Å². The fourth-order valence-electron chi connectivity index (χ4n) is 2.45. The van der Waals surface area contributed by atoms with Crippen LogP contribution in [-0.4, -0.2) is 40.3 Å². The predicted octanol–water partition coefficient (Wildman–Crippen LogP) is 0.891. The van der Waals surface area contributed by atoms with Crippen LogP contribution in [0.15, 0.2) is 12.1 Å². The number of amides is 1. The summed E-state index contributed by atoms with van der Waals surface area (Å²) in [5.74, 6) is -0.984. The van der Waals surface area contributed by atoms with Crippen molar-refractivity contribution in [1.82, 2.24) is 15.5 Å². The molecule has 20 heavy (non-hydrogen) atoms. The molecule has 1 amide bonds. The van der Waals surface area contributed by atoms with Crippen LogP contribution in [0.4, 0.5) is 5.82 Å². The summed E-state index contributed by atoms with van der Waals surface area (Å²) in [6.45, 7) is 0. The van der Waals surface area contributed by atoms with Gasteiger partial charge in [-0.3, -0.25) is 9.59 Å². The van der Waals surface area contributed by atoms with Gasteiger partial charge in [0.25, 0.3) is 5.91 Å². The second-order valence-corrected chi connectivity index (χ2v) is 4.86. The van der Waals surface area contributed by atoms with Crippen LogP contribution >= 0.6 is 0 Å². The molecule has 7 heteroatoms. The maximum Gasteiger partial charge on any atom is 0.308 e. The lowest BCUT2D eigenvalue weighted by molar-refractivity contribution is -0.143. The Kier molecular flexibility index (Phi) is 4.49. The fraction of sp³-hybridized carbons (Fsp3) is 0.538. The molecule has 1 aromatic rings. The molecule has 1 saturated carbocycles. The minimum atomic E-state index is -0.780. The molecule has 1 fully saturated rings. The van der Waals surface area contributed by atoms with Gasteiger partial charge in [-0.1, -0.05) is 12.8 Å². The number of hydrogen-bond donors (Lipinski definition) is 3. The second kappa shape index (κ2) is 6.31. The monoisotopic (exact) mass is 278 g/mol. The van der Waals surface area contributed by atoms with Crippen molar-refractivity contribution in [2.75, 3.05) is 12.4 Å². The molecule has 1 aliphatic rings. The summed E-state index contributed by atoms with van der Waals surface area (Å²) >= 11 is 0. The molecule has 0 spiro atoms. The Labute approximate surface area is 116 Å². The molecular weight excluding hydrogens is 260 g/mol. The molecule has 2 unspecified atom stereocenters. The molecule has 2 rings (SSSR count). The average molecular weight is 278 g/mol. The summed E-state index contributed by atoms with van der Waals surface area (Å²) < 4.78 is 0. The van der Waals surface area contributed by atoms with Crippen LogP contribution in [0.2, 0.25) is 0 Å². The number of nitrogens with one attached hydrogen (secondary N) is 2. The normalized spacial score (nSPS) is 22.1. The van der Waals surface area contributed by atoms with Crippen molar-refractivity contribution in [3.63, 3.8) is 0 Å². The van der Waals surface area contributed by atoms with Crippen molar-refractivity contribution in [3.8, 4) is 0 Å². The van der Waals surface area contributed by atoms with Crippen molar-refractivity contribution in [2.45, 2.75) is 31.7 Å². The maximum atomic E-state index is 11.3. The first kappa shape index (κ1) is 14.2. The van der Waals surface area contributed by atoms with Crippen molar-refractivity contribution in [3.05, 3.63) is 17.8 Å². The minimum Gasteiger partial charge on any atom is -0.481 e. The van der Waals surface area contributed by atoms with Crippen molar-refractivity contribution >= 4 is 17.7 Å². The van der Waals surface area contributed by atoms with E-state index in [9.17, 15) is 14.7 Å². The van der Waals surface area contributed by atoms with E-state index in [0.29, 0.717) is 12.2 Å². The Morgan fingerprint density at radius 3 is 2.60 bits per heavy atom. The average Bonchev–Trinajstić information content (AvgIpc) is 2.47. The number of aromatic nitrogens is 2. The number of anilines is 1. The molecule has 0 saturated heterocycles. The van der Waals surface area contributed by atoms with Crippen molar-refractivity contribution < 1.29 is 14.7 Å². The summed E-state index contributed by atoms with van der Waals surface area (Å²) in [6.07, 6.45) is 3.42. The summed E-state index contributed by atoms with van der Waals surface area (Å²) in [6, 6.07) is 3.07. The zero-order chi connectivity index (χ0) is 14.5. The Morgan fingerprint density at radius 1 is 1.25 bits per heavy atom. The lowest BCUT2D eigenvalue weighted by Gasteiger charge is -2.29. The van der Waals surface area contributed by atoms with Gasteiger partial charge in [-0.15, -0.1) is 10.2 Å². The van der Waals surface area contributed by atoms with Gasteiger partial charge in [-0.25, -0.2) is 0 Å². The molecule has 1 aliphatic carbocycles. The van der Waals surface area contributed by atoms with Crippen molar-refractivity contribution in [2.24, 2.45) is 5.92 Å². The topological polar surface area (TPSA) is 104 Å². The molecule has 0 aliphatic heterocycles. The van der Waals surface area contributed by atoms with Gasteiger partial charge in [0.2, 0.25) is 0 Å². The van der Waals surface area contributed by atoms with E-state index in [0.717, 1.165) is 19.3 Å².